The Balaban J connectivity index is 0.840. The zero-order valence-electron chi connectivity index (χ0n) is 73.2. The normalized spacial score (nSPS) is 12.6. The van der Waals surface area contributed by atoms with Crippen LogP contribution in [0.25, 0.3) is 111 Å². The molecule has 614 valence electrons. The van der Waals surface area contributed by atoms with Gasteiger partial charge in [0.05, 0.1) is 27.8 Å². The summed E-state index contributed by atoms with van der Waals surface area (Å²) in [4.78, 5) is 2.61. The lowest BCUT2D eigenvalue weighted by Gasteiger charge is -2.41. The number of para-hydroxylation sites is 2. The molecule has 0 aliphatic carbocycles. The summed E-state index contributed by atoms with van der Waals surface area (Å²) in [5, 5.41) is 15.2. The van der Waals surface area contributed by atoms with Gasteiger partial charge in [0.15, 0.2) is 16.1 Å². The molecule has 0 bridgehead atoms. The number of nitrogens with zero attached hydrogens (tertiary/aromatic N) is 3. The first kappa shape index (κ1) is 78.6. The Labute approximate surface area is 757 Å². The van der Waals surface area contributed by atoms with Crippen molar-refractivity contribution in [3.8, 4) is 78.5 Å². The van der Waals surface area contributed by atoms with Crippen molar-refractivity contribution < 1.29 is 4.74 Å². The summed E-state index contributed by atoms with van der Waals surface area (Å²) in [5.41, 5.74) is 26.9. The molecule has 23 rings (SSSR count). The molecule has 0 N–H and O–H groups in total. The third kappa shape index (κ3) is 13.3. The summed E-state index contributed by atoms with van der Waals surface area (Å²) < 4.78 is 13.1. The number of aromatic nitrogens is 2. The maximum Gasteiger partial charge on any atom is 0.256 e. The molecule has 2 aliphatic heterocycles. The average molecular weight is 1690 g/mol. The molecule has 0 amide bonds. The fraction of sp³-hybridized carbons (Fsp3) is 0.0656. The molecule has 7 heteroatoms. The number of hydrogen-bond donors (Lipinski definition) is 0. The molecule has 0 saturated carbocycles. The van der Waals surface area contributed by atoms with E-state index in [2.05, 4.69) is 517 Å². The number of benzene rings is 19. The molecule has 21 aromatic rings. The van der Waals surface area contributed by atoms with Gasteiger partial charge in [-0.25, -0.2) is 0 Å². The Bertz CT molecular complexity index is 7450. The van der Waals surface area contributed by atoms with Gasteiger partial charge < -0.3 is 18.8 Å². The molecule has 0 unspecified atom stereocenters. The lowest BCUT2D eigenvalue weighted by Crippen LogP contribution is -2.78. The number of anilines is 3. The van der Waals surface area contributed by atoms with Crippen LogP contribution in [0.15, 0.2) is 461 Å². The van der Waals surface area contributed by atoms with Crippen molar-refractivity contribution >= 4 is 141 Å². The Morgan fingerprint density at radius 3 is 1.03 bits per heavy atom. The van der Waals surface area contributed by atoms with Gasteiger partial charge in [0.2, 0.25) is 0 Å². The summed E-state index contributed by atoms with van der Waals surface area (Å²) in [6.07, 6.45) is 0. The van der Waals surface area contributed by atoms with Gasteiger partial charge in [-0.2, -0.15) is 0 Å². The molecule has 2 aromatic heterocycles. The molecule has 0 atom stereocenters. The van der Waals surface area contributed by atoms with Gasteiger partial charge in [-0.05, 0) is 214 Å². The smallest absolute Gasteiger partial charge is 0.256 e. The van der Waals surface area contributed by atoms with Crippen molar-refractivity contribution in [1.82, 2.24) is 9.13 Å². The second kappa shape index (κ2) is 31.5. The molecular formula is C122H94BN3OSi2. The van der Waals surface area contributed by atoms with Gasteiger partial charge in [0, 0.05) is 50.4 Å². The molecule has 0 radical (unpaired) electrons. The van der Waals surface area contributed by atoms with Crippen molar-refractivity contribution in [2.24, 2.45) is 0 Å². The fourth-order valence-electron chi connectivity index (χ4n) is 21.3. The first-order chi connectivity index (χ1) is 63.2. The second-order valence-corrected chi connectivity index (χ2v) is 44.7. The zero-order valence-corrected chi connectivity index (χ0v) is 75.2. The highest BCUT2D eigenvalue weighted by atomic mass is 28.3. The molecule has 4 heterocycles. The summed E-state index contributed by atoms with van der Waals surface area (Å²) in [7, 11) is -7.00. The van der Waals surface area contributed by atoms with Gasteiger partial charge in [-0.1, -0.05) is 418 Å². The predicted molar refractivity (Wildman–Crippen MR) is 553 cm³/mol. The largest absolute Gasteiger partial charge is 0.458 e. The van der Waals surface area contributed by atoms with E-state index in [9.17, 15) is 0 Å². The monoisotopic (exact) mass is 1680 g/mol. The molecule has 2 aliphatic rings. The van der Waals surface area contributed by atoms with Crippen molar-refractivity contribution in [3.63, 3.8) is 0 Å². The van der Waals surface area contributed by atoms with Crippen LogP contribution in [0.1, 0.15) is 52.7 Å². The summed E-state index contributed by atoms with van der Waals surface area (Å²) in [5.74, 6) is 1.63. The molecule has 0 saturated heterocycles. The maximum absolute atomic E-state index is 8.04. The molecule has 129 heavy (non-hydrogen) atoms. The summed E-state index contributed by atoms with van der Waals surface area (Å²) >= 11 is 0. The van der Waals surface area contributed by atoms with E-state index in [1.54, 1.807) is 0 Å². The Hall–Kier alpha value is -15.1. The van der Waals surface area contributed by atoms with Crippen LogP contribution in [0.4, 0.5) is 17.1 Å². The minimum atomic E-state index is -3.50. The molecule has 0 fully saturated rings. The van der Waals surface area contributed by atoms with Crippen LogP contribution >= 0.6 is 0 Å². The highest BCUT2D eigenvalue weighted by Gasteiger charge is 2.48. The van der Waals surface area contributed by atoms with Crippen molar-refractivity contribution in [2.45, 2.75) is 52.4 Å². The summed E-state index contributed by atoms with van der Waals surface area (Å²) in [6, 6.07) is 176. The van der Waals surface area contributed by atoms with Gasteiger partial charge in [-0.3, -0.25) is 0 Å². The first-order valence-corrected chi connectivity index (χ1v) is 49.2. The maximum atomic E-state index is 8.04. The second-order valence-electron chi connectivity index (χ2n) is 37.1. The predicted octanol–water partition coefficient (Wildman–Crippen LogP) is 24.0. The Morgan fingerprint density at radius 1 is 0.217 bits per heavy atom. The quantitative estimate of drug-likeness (QED) is 0.0711. The molecule has 0 spiro atoms. The van der Waals surface area contributed by atoms with Crippen LogP contribution in [0.3, 0.4) is 0 Å². The third-order valence-electron chi connectivity index (χ3n) is 27.5. The van der Waals surface area contributed by atoms with E-state index >= 15 is 0 Å². The topological polar surface area (TPSA) is 22.3 Å². The van der Waals surface area contributed by atoms with E-state index in [1.807, 2.05) is 0 Å². The van der Waals surface area contributed by atoms with Crippen LogP contribution in [0, 0.1) is 0 Å². The fourth-order valence-corrected chi connectivity index (χ4v) is 31.2. The molecule has 4 nitrogen and oxygen atoms in total. The first-order valence-electron chi connectivity index (χ1n) is 45.2. The van der Waals surface area contributed by atoms with Crippen LogP contribution in [-0.2, 0) is 10.8 Å². The van der Waals surface area contributed by atoms with E-state index in [0.29, 0.717) is 0 Å². The van der Waals surface area contributed by atoms with Gasteiger partial charge in [-0.15, -0.1) is 0 Å². The van der Waals surface area contributed by atoms with Crippen LogP contribution < -0.4 is 67.5 Å². The van der Waals surface area contributed by atoms with E-state index in [-0.39, 0.29) is 17.5 Å². The number of rotatable bonds is 16. The lowest BCUT2D eigenvalue weighted by molar-refractivity contribution is 0.487. The zero-order chi connectivity index (χ0) is 86.7. The number of ether oxygens (including phenoxy) is 1. The third-order valence-corrected chi connectivity index (χ3v) is 37.0. The van der Waals surface area contributed by atoms with E-state index < -0.39 is 16.1 Å². The minimum Gasteiger partial charge on any atom is -0.458 e. The van der Waals surface area contributed by atoms with Crippen molar-refractivity contribution in [1.29, 1.82) is 0 Å². The SMILES string of the molecule is CC(C)(C)c1ccc2c(c1)c1cc(C(C)(C)C)ccc1n2-c1cc2c3c(c1)N(c1cc(-c4ccccc4)cc(-c4ccccc4)c1)c1cc(-n4c5ccccc5c5ccccc54)ccc1B3c1cc(-c3cc([Si](c4ccccc4)(c4ccccc4)c4cccc(-c5ccccc5)c4)cc([Si](c4ccccc4)(c4ccccc4)c4cccc(-c5ccccc5)c4)c3)ccc1O2. The molecule has 19 aromatic carbocycles. The lowest BCUT2D eigenvalue weighted by atomic mass is 9.34. The highest BCUT2D eigenvalue weighted by Crippen LogP contribution is 2.48. The minimum absolute atomic E-state index is 0.0989. The Morgan fingerprint density at radius 2 is 0.581 bits per heavy atom. The van der Waals surface area contributed by atoms with Gasteiger partial charge >= 0.3 is 0 Å². The van der Waals surface area contributed by atoms with Crippen molar-refractivity contribution in [2.75, 3.05) is 4.90 Å². The highest BCUT2D eigenvalue weighted by molar-refractivity contribution is 7.22. The Kier molecular flexibility index (Phi) is 19.2. The molecular weight excluding hydrogens is 1590 g/mol. The van der Waals surface area contributed by atoms with Gasteiger partial charge in [0.1, 0.15) is 11.5 Å². The van der Waals surface area contributed by atoms with E-state index in [0.717, 1.165) is 106 Å². The van der Waals surface area contributed by atoms with Crippen LogP contribution in [0.2, 0.25) is 0 Å². The number of fused-ring (bicyclic) bond motifs is 10. The summed E-state index contributed by atoms with van der Waals surface area (Å²) in [6.45, 7) is 13.6. The van der Waals surface area contributed by atoms with Crippen LogP contribution in [-0.4, -0.2) is 32.0 Å². The number of hydrogen-bond acceptors (Lipinski definition) is 2. The van der Waals surface area contributed by atoms with Crippen LogP contribution in [0.5, 0.6) is 11.5 Å². The van der Waals surface area contributed by atoms with E-state index in [4.69, 9.17) is 4.74 Å². The standard InChI is InChI=1S/C122H94BN3OSi2/c1-121(2,3)93-62-66-114-108(77-93)109-78-94(122(4,5)6)63-67-115(109)125(114)97-80-117-120-119(81-97)127-118-68-61-89(76-111(118)123(120)110-65-64-95(124-112-59-33-31-57-106(112)107-58-32-34-60-113(107)124)79-116(110)126(117)96-70-90(85-41-19-9-20-42-85)69-91(71-96)86-43-21-10-22-44-86)92-74-104(128(98-47-23-11-24-48-98,99-49-25-12-26-50-99)102-55-35-45-87(72-102)83-37-15-7-16-38-83)82-105(75-92)129(100-51-27-13-28-52-100,101-53-29-14-30-54-101)103-56-36-46-88(73-103)84-39-17-8-18-40-84/h7-82H,1-6H3. The van der Waals surface area contributed by atoms with Crippen molar-refractivity contribution in [3.05, 3.63) is 472 Å². The average Bonchev–Trinajstić information content (AvgIpc) is 1.54. The van der Waals surface area contributed by atoms with Gasteiger partial charge in [0.25, 0.3) is 6.71 Å². The van der Waals surface area contributed by atoms with E-state index in [1.165, 1.54) is 102 Å².